The predicted octanol–water partition coefficient (Wildman–Crippen LogP) is 0.416. The van der Waals surface area contributed by atoms with E-state index in [2.05, 4.69) is 0 Å². The van der Waals surface area contributed by atoms with Gasteiger partial charge < -0.3 is 0 Å². The Balaban J connectivity index is 0. The molecule has 0 aliphatic carbocycles. The summed E-state index contributed by atoms with van der Waals surface area (Å²) in [7, 11) is -5.67. The topological polar surface area (TPSA) is 34.1 Å². The highest BCUT2D eigenvalue weighted by atomic mass is 32.3. The van der Waals surface area contributed by atoms with Crippen molar-refractivity contribution in [3.05, 3.63) is 0 Å². The molecule has 5 heavy (non-hydrogen) atoms. The van der Waals surface area contributed by atoms with Gasteiger partial charge in [0.05, 0.1) is 0 Å². The van der Waals surface area contributed by atoms with Crippen molar-refractivity contribution < 1.29 is 17.6 Å². The van der Waals surface area contributed by atoms with Gasteiger partial charge in [-0.1, -0.05) is 7.77 Å². The minimum absolute atomic E-state index is 0. The minimum atomic E-state index is -5.67. The highest BCUT2D eigenvalue weighted by Gasteiger charge is 1.94. The second kappa shape index (κ2) is 0.891. The van der Waals surface area contributed by atoms with Gasteiger partial charge in [-0.3, -0.25) is 0 Å². The van der Waals surface area contributed by atoms with E-state index in [0.717, 1.165) is 0 Å². The number of rotatable bonds is 0. The Morgan fingerprint density at radius 2 is 1.40 bits per heavy atom. The molecule has 0 bridgehead atoms. The largest absolute Gasteiger partial charge is 0.476 e. The molecule has 0 aliphatic heterocycles. The van der Waals surface area contributed by atoms with Gasteiger partial charge in [0.2, 0.25) is 0 Å². The fourth-order valence-electron chi connectivity index (χ4n) is 0. The predicted molar refractivity (Wildman–Crippen MR) is 13.2 cm³/mol. The molecule has 0 fully saturated rings. The zero-order valence-corrected chi connectivity index (χ0v) is 2.80. The summed E-state index contributed by atoms with van der Waals surface area (Å²) in [6.07, 6.45) is 0. The third-order valence-corrected chi connectivity index (χ3v) is 0. The van der Waals surface area contributed by atoms with E-state index in [-0.39, 0.29) is 1.43 Å². The van der Waals surface area contributed by atoms with Crippen LogP contribution < -0.4 is 0 Å². The zero-order valence-electron chi connectivity index (χ0n) is 1.98. The molecule has 0 aromatic carbocycles. The molecule has 0 rings (SSSR count). The lowest BCUT2D eigenvalue weighted by Gasteiger charge is -1.57. The van der Waals surface area contributed by atoms with E-state index >= 15 is 0 Å². The molecule has 0 aromatic heterocycles. The summed E-state index contributed by atoms with van der Waals surface area (Å²) in [6, 6.07) is 0. The summed E-state index contributed by atoms with van der Waals surface area (Å²) >= 11 is 0. The number of hydrogen-bond acceptors (Lipinski definition) is 2. The summed E-state index contributed by atoms with van der Waals surface area (Å²) in [4.78, 5) is 0. The molecule has 0 heterocycles. The van der Waals surface area contributed by atoms with Crippen LogP contribution >= 0.6 is 0 Å². The highest BCUT2D eigenvalue weighted by molar-refractivity contribution is 7.81. The van der Waals surface area contributed by atoms with Crippen molar-refractivity contribution in [2.24, 2.45) is 0 Å². The van der Waals surface area contributed by atoms with Gasteiger partial charge in [0.15, 0.2) is 0 Å². The molecule has 0 aromatic rings. The van der Waals surface area contributed by atoms with Crippen LogP contribution in [0.1, 0.15) is 1.43 Å². The molecule has 0 N–H and O–H groups in total. The number of halogens is 2. The maximum atomic E-state index is 9.99. The van der Waals surface area contributed by atoms with Crippen LogP contribution in [0.15, 0.2) is 0 Å². The first-order valence-corrected chi connectivity index (χ1v) is 1.93. The maximum Gasteiger partial charge on any atom is 0.476 e. The summed E-state index contributed by atoms with van der Waals surface area (Å²) < 4.78 is 36.6. The Morgan fingerprint density at radius 3 is 1.40 bits per heavy atom. The van der Waals surface area contributed by atoms with Crippen molar-refractivity contribution >= 4 is 10.6 Å². The second-order valence-electron chi connectivity index (χ2n) is 0.378. The van der Waals surface area contributed by atoms with Crippen molar-refractivity contribution in [3.63, 3.8) is 0 Å². The van der Waals surface area contributed by atoms with Gasteiger partial charge in [-0.15, -0.1) is 0 Å². The van der Waals surface area contributed by atoms with Crippen LogP contribution in [-0.4, -0.2) is 8.42 Å². The van der Waals surface area contributed by atoms with Gasteiger partial charge in [0.1, 0.15) is 0 Å². The second-order valence-corrected chi connectivity index (χ2v) is 1.14. The van der Waals surface area contributed by atoms with E-state index in [1.807, 2.05) is 0 Å². The monoisotopic (exact) mass is 104 g/mol. The normalized spacial score (nSPS) is 11.6. The minimum Gasteiger partial charge on any atom is -0.160 e. The van der Waals surface area contributed by atoms with E-state index in [9.17, 15) is 7.77 Å². The third kappa shape index (κ3) is 346. The third-order valence-electron chi connectivity index (χ3n) is 0. The number of hydrogen-bond donors (Lipinski definition) is 0. The summed E-state index contributed by atoms with van der Waals surface area (Å²) in [5.74, 6) is 0. The summed E-state index contributed by atoms with van der Waals surface area (Å²) in [5, 5.41) is 0. The van der Waals surface area contributed by atoms with Gasteiger partial charge in [-0.2, -0.15) is 8.42 Å². The SMILES string of the molecule is O=S(=O)(F)F.[HH]. The van der Waals surface area contributed by atoms with Crippen LogP contribution in [0, 0.1) is 0 Å². The molecule has 0 saturated carbocycles. The van der Waals surface area contributed by atoms with Gasteiger partial charge in [0.25, 0.3) is 0 Å². The smallest absolute Gasteiger partial charge is 0.160 e. The summed E-state index contributed by atoms with van der Waals surface area (Å²) in [5.41, 5.74) is 0. The molecule has 0 aliphatic rings. The Kier molecular flexibility index (Phi) is 0.857. The Bertz CT molecular complexity index is 94.7. The molecule has 0 saturated heterocycles. The van der Waals surface area contributed by atoms with E-state index in [1.165, 1.54) is 0 Å². The Morgan fingerprint density at radius 1 is 1.40 bits per heavy atom. The van der Waals surface area contributed by atoms with E-state index in [1.54, 1.807) is 0 Å². The van der Waals surface area contributed by atoms with Crippen molar-refractivity contribution in [1.29, 1.82) is 0 Å². The van der Waals surface area contributed by atoms with E-state index in [0.29, 0.717) is 0 Å². The van der Waals surface area contributed by atoms with Crippen molar-refractivity contribution in [2.45, 2.75) is 0 Å². The fraction of sp³-hybridized carbons (Fsp3) is 0. The van der Waals surface area contributed by atoms with Gasteiger partial charge >= 0.3 is 10.6 Å². The van der Waals surface area contributed by atoms with Crippen LogP contribution in [0.3, 0.4) is 0 Å². The van der Waals surface area contributed by atoms with Crippen LogP contribution in [0.5, 0.6) is 0 Å². The van der Waals surface area contributed by atoms with Crippen LogP contribution in [0.4, 0.5) is 7.77 Å². The Labute approximate surface area is 29.4 Å². The molecule has 0 amide bonds. The standard InChI is InChI=1S/F2O2S.H2/c1-5(2,3)4;/h;1H. The van der Waals surface area contributed by atoms with Crippen LogP contribution in [0.25, 0.3) is 0 Å². The molecular formula is H2F2O2S. The fourth-order valence-corrected chi connectivity index (χ4v) is 0. The molecule has 2 nitrogen and oxygen atoms in total. The van der Waals surface area contributed by atoms with E-state index in [4.69, 9.17) is 8.42 Å². The first-order chi connectivity index (χ1) is 2.00. The maximum absolute atomic E-state index is 9.99. The molecule has 0 unspecified atom stereocenters. The summed E-state index contributed by atoms with van der Waals surface area (Å²) in [6.45, 7) is 0. The van der Waals surface area contributed by atoms with Crippen molar-refractivity contribution in [2.75, 3.05) is 0 Å². The van der Waals surface area contributed by atoms with Crippen LogP contribution in [-0.2, 0) is 10.6 Å². The van der Waals surface area contributed by atoms with Crippen molar-refractivity contribution in [1.82, 2.24) is 0 Å². The molecule has 0 spiro atoms. The Hall–Kier alpha value is -0.190. The lowest BCUT2D eigenvalue weighted by Crippen LogP contribution is -1.69. The molecular weight excluding hydrogens is 102 g/mol. The molecule has 0 radical (unpaired) electrons. The van der Waals surface area contributed by atoms with Gasteiger partial charge in [-0.25, -0.2) is 0 Å². The van der Waals surface area contributed by atoms with Gasteiger partial charge in [0, 0.05) is 1.43 Å². The molecule has 5 heteroatoms. The first kappa shape index (κ1) is 4.81. The quantitative estimate of drug-likeness (QED) is 0.417. The van der Waals surface area contributed by atoms with E-state index < -0.39 is 10.6 Å². The molecule has 34 valence electrons. The zero-order chi connectivity index (χ0) is 4.50. The molecule has 0 atom stereocenters. The lowest BCUT2D eigenvalue weighted by molar-refractivity contribution is 0.501. The van der Waals surface area contributed by atoms with Gasteiger partial charge in [-0.05, 0) is 0 Å². The van der Waals surface area contributed by atoms with Crippen molar-refractivity contribution in [3.8, 4) is 0 Å². The lowest BCUT2D eigenvalue weighted by atomic mass is 15.9. The highest BCUT2D eigenvalue weighted by Crippen LogP contribution is 1.85. The average Bonchev–Trinajstić information content (AvgIpc) is 0.722. The average molecular weight is 104 g/mol. The van der Waals surface area contributed by atoms with Crippen LogP contribution in [0.2, 0.25) is 0 Å². The first-order valence-electron chi connectivity index (χ1n) is 0.642.